The molecule has 3 rings (SSSR count). The quantitative estimate of drug-likeness (QED) is 0.924. The van der Waals surface area contributed by atoms with E-state index in [1.807, 2.05) is 24.3 Å². The number of ether oxygens (including phenoxy) is 1. The van der Waals surface area contributed by atoms with E-state index in [1.165, 1.54) is 5.56 Å². The van der Waals surface area contributed by atoms with Crippen molar-refractivity contribution in [2.75, 3.05) is 19.8 Å². The minimum absolute atomic E-state index is 0.140. The third-order valence-electron chi connectivity index (χ3n) is 3.62. The van der Waals surface area contributed by atoms with Gasteiger partial charge < -0.3 is 14.6 Å². The summed E-state index contributed by atoms with van der Waals surface area (Å²) in [5, 5.41) is 7.48. The minimum Gasteiger partial charge on any atom is -0.379 e. The van der Waals surface area contributed by atoms with Gasteiger partial charge in [0.1, 0.15) is 0 Å². The van der Waals surface area contributed by atoms with E-state index in [0.717, 1.165) is 12.1 Å². The van der Waals surface area contributed by atoms with E-state index in [1.54, 1.807) is 0 Å². The summed E-state index contributed by atoms with van der Waals surface area (Å²) in [6.45, 7) is 6.38. The molecule has 5 nitrogen and oxygen atoms in total. The molecule has 20 heavy (non-hydrogen) atoms. The van der Waals surface area contributed by atoms with Gasteiger partial charge in [-0.05, 0) is 13.5 Å². The predicted molar refractivity (Wildman–Crippen MR) is 75.5 cm³/mol. The summed E-state index contributed by atoms with van der Waals surface area (Å²) in [5.74, 6) is 1.44. The average Bonchev–Trinajstić information content (AvgIpc) is 3.08. The number of nitrogens with zero attached hydrogens (tertiary/aromatic N) is 2. The summed E-state index contributed by atoms with van der Waals surface area (Å²) in [7, 11) is 0. The first-order valence-corrected chi connectivity index (χ1v) is 6.99. The molecule has 2 atom stereocenters. The van der Waals surface area contributed by atoms with Crippen molar-refractivity contribution in [2.45, 2.75) is 25.8 Å². The molecular weight excluding hydrogens is 254 g/mol. The van der Waals surface area contributed by atoms with Gasteiger partial charge >= 0.3 is 0 Å². The molecule has 1 aromatic heterocycles. The maximum atomic E-state index is 5.52. The third-order valence-corrected chi connectivity index (χ3v) is 3.62. The second-order valence-electron chi connectivity index (χ2n) is 5.13. The molecule has 1 aromatic carbocycles. The monoisotopic (exact) mass is 273 g/mol. The number of likely N-dealkylation sites (N-methyl/N-ethyl adjacent to an activating group) is 1. The number of nitrogens with one attached hydrogen (secondary N) is 1. The first-order chi connectivity index (χ1) is 9.78. The van der Waals surface area contributed by atoms with E-state index in [0.29, 0.717) is 24.9 Å². The molecule has 0 aliphatic carbocycles. The molecule has 1 fully saturated rings. The van der Waals surface area contributed by atoms with E-state index in [-0.39, 0.29) is 12.0 Å². The fourth-order valence-electron chi connectivity index (χ4n) is 2.47. The van der Waals surface area contributed by atoms with Gasteiger partial charge in [0, 0.05) is 11.6 Å². The van der Waals surface area contributed by atoms with E-state index in [4.69, 9.17) is 9.26 Å². The maximum Gasteiger partial charge on any atom is 0.234 e. The lowest BCUT2D eigenvalue weighted by molar-refractivity contribution is 0.185. The van der Waals surface area contributed by atoms with Gasteiger partial charge in [0.25, 0.3) is 0 Å². The Morgan fingerprint density at radius 3 is 2.80 bits per heavy atom. The molecule has 0 radical (unpaired) electrons. The van der Waals surface area contributed by atoms with Crippen LogP contribution in [-0.2, 0) is 4.74 Å². The van der Waals surface area contributed by atoms with Gasteiger partial charge in [-0.3, -0.25) is 0 Å². The third kappa shape index (κ3) is 2.59. The molecular formula is C15H19N3O2. The standard InChI is InChI=1S/C15H19N3O2/c1-3-16-13-9-19-8-12(13)15-17-14(18-20-15)11-6-4-10(2)5-7-11/h4-7,12-13,16H,3,8-9H2,1-2H3. The molecule has 1 aliphatic rings. The molecule has 0 amide bonds. The van der Waals surface area contributed by atoms with Crippen LogP contribution in [0.2, 0.25) is 0 Å². The van der Waals surface area contributed by atoms with Crippen molar-refractivity contribution in [3.05, 3.63) is 35.7 Å². The highest BCUT2D eigenvalue weighted by Gasteiger charge is 2.33. The highest BCUT2D eigenvalue weighted by atomic mass is 16.5. The molecule has 0 spiro atoms. The van der Waals surface area contributed by atoms with E-state index >= 15 is 0 Å². The van der Waals surface area contributed by atoms with Crippen molar-refractivity contribution in [3.63, 3.8) is 0 Å². The lowest BCUT2D eigenvalue weighted by Crippen LogP contribution is -2.34. The average molecular weight is 273 g/mol. The minimum atomic E-state index is 0.140. The second-order valence-corrected chi connectivity index (χ2v) is 5.13. The summed E-state index contributed by atoms with van der Waals surface area (Å²) in [6, 6.07) is 8.37. The molecule has 106 valence electrons. The Kier molecular flexibility index (Phi) is 3.80. The van der Waals surface area contributed by atoms with E-state index in [2.05, 4.69) is 29.3 Å². The summed E-state index contributed by atoms with van der Waals surface area (Å²) >= 11 is 0. The van der Waals surface area contributed by atoms with Gasteiger partial charge in [-0.2, -0.15) is 4.98 Å². The molecule has 1 aliphatic heterocycles. The maximum absolute atomic E-state index is 5.52. The van der Waals surface area contributed by atoms with Gasteiger partial charge in [-0.1, -0.05) is 41.9 Å². The normalized spacial score (nSPS) is 22.3. The van der Waals surface area contributed by atoms with Crippen molar-refractivity contribution in [1.29, 1.82) is 0 Å². The zero-order valence-corrected chi connectivity index (χ0v) is 11.8. The Labute approximate surface area is 118 Å². The molecule has 0 saturated carbocycles. The van der Waals surface area contributed by atoms with Gasteiger partial charge in [-0.15, -0.1) is 0 Å². The molecule has 2 heterocycles. The second kappa shape index (κ2) is 5.73. The van der Waals surface area contributed by atoms with Crippen LogP contribution in [0, 0.1) is 6.92 Å². The number of hydrogen-bond acceptors (Lipinski definition) is 5. The van der Waals surface area contributed by atoms with Crippen LogP contribution in [0.5, 0.6) is 0 Å². The number of aromatic nitrogens is 2. The van der Waals surface area contributed by atoms with Crippen LogP contribution in [0.4, 0.5) is 0 Å². The fraction of sp³-hybridized carbons (Fsp3) is 0.467. The Morgan fingerprint density at radius 2 is 2.05 bits per heavy atom. The van der Waals surface area contributed by atoms with Crippen LogP contribution < -0.4 is 5.32 Å². The zero-order valence-electron chi connectivity index (χ0n) is 11.8. The van der Waals surface area contributed by atoms with E-state index in [9.17, 15) is 0 Å². The predicted octanol–water partition coefficient (Wildman–Crippen LogP) is 2.14. The van der Waals surface area contributed by atoms with Gasteiger partial charge in [0.2, 0.25) is 11.7 Å². The summed E-state index contributed by atoms with van der Waals surface area (Å²) in [6.07, 6.45) is 0. The molecule has 5 heteroatoms. The number of rotatable bonds is 4. The van der Waals surface area contributed by atoms with Crippen molar-refractivity contribution in [1.82, 2.24) is 15.5 Å². The van der Waals surface area contributed by atoms with Crippen molar-refractivity contribution < 1.29 is 9.26 Å². The van der Waals surface area contributed by atoms with Gasteiger partial charge in [0.05, 0.1) is 19.1 Å². The fourth-order valence-corrected chi connectivity index (χ4v) is 2.47. The molecule has 1 N–H and O–H groups in total. The summed E-state index contributed by atoms with van der Waals surface area (Å²) in [4.78, 5) is 4.53. The number of aryl methyl sites for hydroxylation is 1. The van der Waals surface area contributed by atoms with Crippen LogP contribution in [-0.4, -0.2) is 35.9 Å². The van der Waals surface area contributed by atoms with Crippen LogP contribution in [0.15, 0.2) is 28.8 Å². The molecule has 0 bridgehead atoms. The van der Waals surface area contributed by atoms with Crippen molar-refractivity contribution in [3.8, 4) is 11.4 Å². The highest BCUT2D eigenvalue weighted by molar-refractivity contribution is 5.54. The van der Waals surface area contributed by atoms with Crippen LogP contribution in [0.1, 0.15) is 24.3 Å². The Morgan fingerprint density at radius 1 is 1.25 bits per heavy atom. The summed E-state index contributed by atoms with van der Waals surface area (Å²) in [5.41, 5.74) is 2.19. The first-order valence-electron chi connectivity index (χ1n) is 6.99. The Bertz CT molecular complexity index is 565. The van der Waals surface area contributed by atoms with Gasteiger partial charge in [-0.25, -0.2) is 0 Å². The lowest BCUT2D eigenvalue weighted by Gasteiger charge is -2.13. The van der Waals surface area contributed by atoms with E-state index < -0.39 is 0 Å². The smallest absolute Gasteiger partial charge is 0.234 e. The zero-order chi connectivity index (χ0) is 13.9. The summed E-state index contributed by atoms with van der Waals surface area (Å²) < 4.78 is 10.9. The largest absolute Gasteiger partial charge is 0.379 e. The van der Waals surface area contributed by atoms with Crippen molar-refractivity contribution >= 4 is 0 Å². The first kappa shape index (κ1) is 13.3. The van der Waals surface area contributed by atoms with Crippen LogP contribution in [0.3, 0.4) is 0 Å². The highest BCUT2D eigenvalue weighted by Crippen LogP contribution is 2.26. The Balaban J connectivity index is 1.81. The van der Waals surface area contributed by atoms with Crippen molar-refractivity contribution in [2.24, 2.45) is 0 Å². The van der Waals surface area contributed by atoms with Crippen LogP contribution >= 0.6 is 0 Å². The number of benzene rings is 1. The molecule has 2 unspecified atom stereocenters. The molecule has 2 aromatic rings. The number of hydrogen-bond donors (Lipinski definition) is 1. The SMILES string of the molecule is CCNC1COCC1c1nc(-c2ccc(C)cc2)no1. The van der Waals surface area contributed by atoms with Gasteiger partial charge in [0.15, 0.2) is 0 Å². The Hall–Kier alpha value is -1.72. The van der Waals surface area contributed by atoms with Crippen LogP contribution in [0.25, 0.3) is 11.4 Å². The molecule has 1 saturated heterocycles. The topological polar surface area (TPSA) is 60.2 Å². The lowest BCUT2D eigenvalue weighted by atomic mass is 10.0.